The topological polar surface area (TPSA) is 79.3 Å². The summed E-state index contributed by atoms with van der Waals surface area (Å²) in [5.41, 5.74) is 0.571. The number of carbonyl (C=O) groups is 2. The van der Waals surface area contributed by atoms with Crippen LogP contribution in [0.25, 0.3) is 0 Å². The number of nitrogens with one attached hydrogen (secondary N) is 1. The summed E-state index contributed by atoms with van der Waals surface area (Å²) in [6.07, 6.45) is 1.41. The number of amides is 1. The molecule has 0 saturated heterocycles. The lowest BCUT2D eigenvalue weighted by Gasteiger charge is -2.09. The van der Waals surface area contributed by atoms with Gasteiger partial charge in [-0.1, -0.05) is 11.6 Å². The summed E-state index contributed by atoms with van der Waals surface area (Å²) in [7, 11) is 0. The van der Waals surface area contributed by atoms with Crippen LogP contribution in [0, 0.1) is 3.57 Å². The van der Waals surface area contributed by atoms with Crippen LogP contribution in [-0.4, -0.2) is 22.0 Å². The molecule has 0 aliphatic carbocycles. The van der Waals surface area contributed by atoms with Crippen molar-refractivity contribution >= 4 is 51.8 Å². The molecule has 1 aromatic heterocycles. The standard InChI is InChI=1S/C13H8ClIN2O3/c14-11-5-7(3-4-16-11)12(18)17-10-2-1-8(15)6-9(10)13(19)20/h1-6H,(H,17,18)(H,19,20). The van der Waals surface area contributed by atoms with Gasteiger partial charge in [0.1, 0.15) is 5.15 Å². The van der Waals surface area contributed by atoms with Crippen molar-refractivity contribution in [2.45, 2.75) is 0 Å². The van der Waals surface area contributed by atoms with Crippen LogP contribution < -0.4 is 5.32 Å². The third kappa shape index (κ3) is 3.45. The average Bonchev–Trinajstić information content (AvgIpc) is 2.40. The molecule has 5 nitrogen and oxygen atoms in total. The Balaban J connectivity index is 2.30. The van der Waals surface area contributed by atoms with Crippen LogP contribution in [0.15, 0.2) is 36.5 Å². The quantitative estimate of drug-likeness (QED) is 0.610. The first-order valence-electron chi connectivity index (χ1n) is 5.43. The highest BCUT2D eigenvalue weighted by Gasteiger charge is 2.14. The SMILES string of the molecule is O=C(Nc1ccc(I)cc1C(=O)O)c1ccnc(Cl)c1. The Morgan fingerprint density at radius 2 is 2.00 bits per heavy atom. The number of carboxylic acids is 1. The Morgan fingerprint density at radius 1 is 1.25 bits per heavy atom. The molecule has 0 radical (unpaired) electrons. The van der Waals surface area contributed by atoms with Gasteiger partial charge in [-0.15, -0.1) is 0 Å². The third-order valence-corrected chi connectivity index (χ3v) is 3.33. The second-order valence-corrected chi connectivity index (χ2v) is 5.45. The Hall–Kier alpha value is -1.67. The molecule has 20 heavy (non-hydrogen) atoms. The summed E-state index contributed by atoms with van der Waals surface area (Å²) >= 11 is 7.71. The molecular formula is C13H8ClIN2O3. The molecule has 0 aliphatic rings. The lowest BCUT2D eigenvalue weighted by atomic mass is 10.1. The molecule has 0 aliphatic heterocycles. The molecule has 2 rings (SSSR count). The highest BCUT2D eigenvalue weighted by atomic mass is 127. The molecule has 1 amide bonds. The van der Waals surface area contributed by atoms with Gasteiger partial charge in [-0.05, 0) is 52.9 Å². The van der Waals surface area contributed by atoms with E-state index in [0.717, 1.165) is 3.57 Å². The van der Waals surface area contributed by atoms with E-state index in [9.17, 15) is 9.59 Å². The van der Waals surface area contributed by atoms with E-state index in [1.165, 1.54) is 24.4 Å². The average molecular weight is 403 g/mol. The molecule has 0 spiro atoms. The Labute approximate surface area is 133 Å². The highest BCUT2D eigenvalue weighted by molar-refractivity contribution is 14.1. The molecule has 1 aromatic carbocycles. The smallest absolute Gasteiger partial charge is 0.337 e. The number of hydrogen-bond acceptors (Lipinski definition) is 3. The molecule has 2 N–H and O–H groups in total. The summed E-state index contributed by atoms with van der Waals surface area (Å²) in [6.45, 7) is 0. The van der Waals surface area contributed by atoms with Crippen LogP contribution in [0.4, 0.5) is 5.69 Å². The van der Waals surface area contributed by atoms with Gasteiger partial charge in [0, 0.05) is 15.3 Å². The van der Waals surface area contributed by atoms with Crippen molar-refractivity contribution in [2.75, 3.05) is 5.32 Å². The maximum atomic E-state index is 12.0. The van der Waals surface area contributed by atoms with Crippen LogP contribution >= 0.6 is 34.2 Å². The Bertz CT molecular complexity index is 691. The van der Waals surface area contributed by atoms with E-state index in [2.05, 4.69) is 10.3 Å². The predicted octanol–water partition coefficient (Wildman–Crippen LogP) is 3.29. The predicted molar refractivity (Wildman–Crippen MR) is 83.3 cm³/mol. The number of nitrogens with zero attached hydrogens (tertiary/aromatic N) is 1. The van der Waals surface area contributed by atoms with Crippen LogP contribution in [0.2, 0.25) is 5.15 Å². The molecule has 0 bridgehead atoms. The molecule has 0 fully saturated rings. The summed E-state index contributed by atoms with van der Waals surface area (Å²) in [5, 5.41) is 11.9. The largest absolute Gasteiger partial charge is 0.478 e. The summed E-state index contributed by atoms with van der Waals surface area (Å²) in [4.78, 5) is 27.0. The van der Waals surface area contributed by atoms with Crippen LogP contribution in [-0.2, 0) is 0 Å². The number of pyridine rings is 1. The highest BCUT2D eigenvalue weighted by Crippen LogP contribution is 2.20. The van der Waals surface area contributed by atoms with E-state index >= 15 is 0 Å². The monoisotopic (exact) mass is 402 g/mol. The van der Waals surface area contributed by atoms with Gasteiger partial charge in [-0.2, -0.15) is 0 Å². The van der Waals surface area contributed by atoms with Crippen LogP contribution in [0.1, 0.15) is 20.7 Å². The first kappa shape index (κ1) is 14.7. The van der Waals surface area contributed by atoms with Gasteiger partial charge in [-0.25, -0.2) is 9.78 Å². The minimum Gasteiger partial charge on any atom is -0.478 e. The molecule has 0 atom stereocenters. The first-order valence-corrected chi connectivity index (χ1v) is 6.89. The minimum atomic E-state index is -1.11. The molecule has 1 heterocycles. The Kier molecular flexibility index (Phi) is 4.56. The van der Waals surface area contributed by atoms with Crippen molar-refractivity contribution in [3.05, 3.63) is 56.4 Å². The normalized spacial score (nSPS) is 10.1. The number of halogens is 2. The fourth-order valence-electron chi connectivity index (χ4n) is 1.54. The van der Waals surface area contributed by atoms with E-state index < -0.39 is 11.9 Å². The number of hydrogen-bond donors (Lipinski definition) is 2. The second kappa shape index (κ2) is 6.19. The van der Waals surface area contributed by atoms with Crippen LogP contribution in [0.3, 0.4) is 0 Å². The number of rotatable bonds is 3. The van der Waals surface area contributed by atoms with Crippen molar-refractivity contribution in [2.24, 2.45) is 0 Å². The van der Waals surface area contributed by atoms with Gasteiger partial charge in [0.05, 0.1) is 11.3 Å². The van der Waals surface area contributed by atoms with E-state index in [4.69, 9.17) is 16.7 Å². The summed E-state index contributed by atoms with van der Waals surface area (Å²) in [5.74, 6) is -1.55. The summed E-state index contributed by atoms with van der Waals surface area (Å²) in [6, 6.07) is 7.64. The zero-order valence-corrected chi connectivity index (χ0v) is 12.8. The summed E-state index contributed by atoms with van der Waals surface area (Å²) < 4.78 is 0.768. The number of aromatic carboxylic acids is 1. The number of anilines is 1. The van der Waals surface area contributed by atoms with E-state index in [0.29, 0.717) is 5.56 Å². The molecule has 0 saturated carbocycles. The number of carboxylic acid groups (broad SMARTS) is 1. The number of carbonyl (C=O) groups excluding carboxylic acids is 1. The fraction of sp³-hybridized carbons (Fsp3) is 0. The van der Waals surface area contributed by atoms with E-state index in [1.807, 2.05) is 22.6 Å². The van der Waals surface area contributed by atoms with E-state index in [1.54, 1.807) is 12.1 Å². The maximum Gasteiger partial charge on any atom is 0.337 e. The zero-order chi connectivity index (χ0) is 14.7. The number of benzene rings is 1. The van der Waals surface area contributed by atoms with E-state index in [-0.39, 0.29) is 16.4 Å². The van der Waals surface area contributed by atoms with Crippen molar-refractivity contribution in [1.82, 2.24) is 4.98 Å². The van der Waals surface area contributed by atoms with Crippen LogP contribution in [0.5, 0.6) is 0 Å². The van der Waals surface area contributed by atoms with Crippen molar-refractivity contribution in [1.29, 1.82) is 0 Å². The van der Waals surface area contributed by atoms with Gasteiger partial charge in [0.2, 0.25) is 0 Å². The van der Waals surface area contributed by atoms with Crippen molar-refractivity contribution < 1.29 is 14.7 Å². The molecule has 2 aromatic rings. The lowest BCUT2D eigenvalue weighted by Crippen LogP contribution is -2.15. The fourth-order valence-corrected chi connectivity index (χ4v) is 2.21. The molecular weight excluding hydrogens is 395 g/mol. The zero-order valence-electron chi connectivity index (χ0n) is 9.93. The third-order valence-electron chi connectivity index (χ3n) is 2.45. The van der Waals surface area contributed by atoms with Gasteiger partial charge < -0.3 is 10.4 Å². The minimum absolute atomic E-state index is 0.0328. The van der Waals surface area contributed by atoms with Gasteiger partial charge in [0.15, 0.2) is 0 Å². The number of aromatic nitrogens is 1. The van der Waals surface area contributed by atoms with Gasteiger partial charge in [0.25, 0.3) is 5.91 Å². The van der Waals surface area contributed by atoms with Gasteiger partial charge in [-0.3, -0.25) is 4.79 Å². The van der Waals surface area contributed by atoms with Gasteiger partial charge >= 0.3 is 5.97 Å². The maximum absolute atomic E-state index is 12.0. The van der Waals surface area contributed by atoms with Crippen molar-refractivity contribution in [3.8, 4) is 0 Å². The molecule has 102 valence electrons. The van der Waals surface area contributed by atoms with Crippen molar-refractivity contribution in [3.63, 3.8) is 0 Å². The Morgan fingerprint density at radius 3 is 2.65 bits per heavy atom. The first-order chi connectivity index (χ1) is 9.47. The molecule has 7 heteroatoms. The second-order valence-electron chi connectivity index (χ2n) is 3.82. The molecule has 0 unspecified atom stereocenters. The lowest BCUT2D eigenvalue weighted by molar-refractivity contribution is 0.0698.